The number of anilines is 1. The molecule has 158 valence electrons. The molecule has 0 spiro atoms. The monoisotopic (exact) mass is 407 g/mol. The van der Waals surface area contributed by atoms with Crippen LogP contribution in [0.15, 0.2) is 54.6 Å². The molecule has 2 heterocycles. The maximum atomic E-state index is 13.2. The first-order chi connectivity index (χ1) is 14.5. The normalized spacial score (nSPS) is 20.1. The van der Waals surface area contributed by atoms with Gasteiger partial charge in [-0.25, -0.2) is 4.79 Å². The summed E-state index contributed by atoms with van der Waals surface area (Å²) in [5.41, 5.74) is 1.91. The van der Waals surface area contributed by atoms with E-state index >= 15 is 0 Å². The van der Waals surface area contributed by atoms with Gasteiger partial charge in [0.05, 0.1) is 18.3 Å². The van der Waals surface area contributed by atoms with Gasteiger partial charge in [-0.15, -0.1) is 0 Å². The first-order valence-electron chi connectivity index (χ1n) is 10.7. The molecule has 2 aliphatic rings. The molecule has 2 aromatic rings. The summed E-state index contributed by atoms with van der Waals surface area (Å²) in [4.78, 5) is 29.6. The number of nitrogens with zero attached hydrogens (tertiary/aromatic N) is 2. The molecule has 0 saturated carbocycles. The molecule has 2 unspecified atom stereocenters. The third kappa shape index (κ3) is 4.27. The van der Waals surface area contributed by atoms with Gasteiger partial charge in [0.2, 0.25) is 5.91 Å². The van der Waals surface area contributed by atoms with Crippen LogP contribution in [-0.2, 0) is 4.79 Å². The fourth-order valence-corrected chi connectivity index (χ4v) is 4.23. The van der Waals surface area contributed by atoms with Gasteiger partial charge in [-0.1, -0.05) is 42.5 Å². The zero-order chi connectivity index (χ0) is 21.1. The van der Waals surface area contributed by atoms with Crippen molar-refractivity contribution in [2.45, 2.75) is 38.8 Å². The van der Waals surface area contributed by atoms with Gasteiger partial charge in [0.1, 0.15) is 11.9 Å². The molecule has 30 heavy (non-hydrogen) atoms. The Morgan fingerprint density at radius 3 is 2.43 bits per heavy atom. The van der Waals surface area contributed by atoms with E-state index in [0.717, 1.165) is 17.0 Å². The number of nitrogens with one attached hydrogen (secondary N) is 1. The van der Waals surface area contributed by atoms with E-state index < -0.39 is 0 Å². The number of hydrogen-bond donors (Lipinski definition) is 1. The van der Waals surface area contributed by atoms with Crippen molar-refractivity contribution in [2.75, 3.05) is 24.5 Å². The van der Waals surface area contributed by atoms with E-state index in [2.05, 4.69) is 5.32 Å². The van der Waals surface area contributed by atoms with Gasteiger partial charge in [-0.05, 0) is 44.4 Å². The highest BCUT2D eigenvalue weighted by atomic mass is 16.5. The number of carbonyl (C=O) groups excluding carboxylic acids is 2. The lowest BCUT2D eigenvalue weighted by Gasteiger charge is -2.39. The molecule has 6 nitrogen and oxygen atoms in total. The van der Waals surface area contributed by atoms with Crippen molar-refractivity contribution < 1.29 is 14.3 Å². The molecule has 1 fully saturated rings. The van der Waals surface area contributed by atoms with Crippen molar-refractivity contribution in [3.8, 4) is 5.75 Å². The Morgan fingerprint density at radius 2 is 1.70 bits per heavy atom. The number of para-hydroxylation sites is 2. The molecule has 1 saturated heterocycles. The molecule has 0 aliphatic carbocycles. The van der Waals surface area contributed by atoms with Crippen molar-refractivity contribution in [3.63, 3.8) is 0 Å². The van der Waals surface area contributed by atoms with E-state index in [1.54, 1.807) is 4.90 Å². The maximum Gasteiger partial charge on any atom is 0.324 e. The Bertz CT molecular complexity index is 894. The largest absolute Gasteiger partial charge is 0.487 e. The first-order valence-corrected chi connectivity index (χ1v) is 10.7. The summed E-state index contributed by atoms with van der Waals surface area (Å²) in [5, 5.41) is 3.12. The fourth-order valence-electron chi connectivity index (χ4n) is 4.23. The molecule has 0 radical (unpaired) electrons. The summed E-state index contributed by atoms with van der Waals surface area (Å²) in [7, 11) is 0. The second-order valence-electron chi connectivity index (χ2n) is 8.19. The molecule has 2 atom stereocenters. The lowest BCUT2D eigenvalue weighted by Crippen LogP contribution is -2.52. The average molecular weight is 408 g/mol. The van der Waals surface area contributed by atoms with Crippen molar-refractivity contribution >= 4 is 17.6 Å². The van der Waals surface area contributed by atoms with E-state index in [1.165, 1.54) is 0 Å². The molecule has 2 aromatic carbocycles. The van der Waals surface area contributed by atoms with E-state index in [9.17, 15) is 9.59 Å². The van der Waals surface area contributed by atoms with Crippen LogP contribution in [0.25, 0.3) is 0 Å². The third-order valence-electron chi connectivity index (χ3n) is 5.95. The minimum absolute atomic E-state index is 0.00545. The molecular formula is C24H29N3O3. The summed E-state index contributed by atoms with van der Waals surface area (Å²) in [6.45, 7) is 5.68. The Morgan fingerprint density at radius 1 is 1.03 bits per heavy atom. The smallest absolute Gasteiger partial charge is 0.324 e. The minimum Gasteiger partial charge on any atom is -0.487 e. The highest BCUT2D eigenvalue weighted by Gasteiger charge is 2.34. The number of carbonyl (C=O) groups is 2. The number of hydrogen-bond acceptors (Lipinski definition) is 3. The molecule has 2 aliphatic heterocycles. The standard InChI is InChI=1S/C24H29N3O3/c1-17-16-27(21-10-6-7-11-22(21)30-17)24(29)26-14-12-20(13-15-26)23(28)25-18(2)19-8-4-3-5-9-19/h3-11,17-18,20H,12-16H2,1-2H3,(H,25,28). The Kier molecular flexibility index (Phi) is 5.93. The van der Waals surface area contributed by atoms with E-state index in [-0.39, 0.29) is 30.0 Å². The topological polar surface area (TPSA) is 61.9 Å². The van der Waals surface area contributed by atoms with Crippen LogP contribution < -0.4 is 15.0 Å². The Hall–Kier alpha value is -3.02. The number of fused-ring (bicyclic) bond motifs is 1. The van der Waals surface area contributed by atoms with E-state index in [0.29, 0.717) is 32.5 Å². The average Bonchev–Trinajstić information content (AvgIpc) is 2.78. The quantitative estimate of drug-likeness (QED) is 0.837. The lowest BCUT2D eigenvalue weighted by atomic mass is 9.95. The molecule has 0 aromatic heterocycles. The summed E-state index contributed by atoms with van der Waals surface area (Å²) < 4.78 is 5.86. The Balaban J connectivity index is 1.34. The first kappa shape index (κ1) is 20.3. The van der Waals surface area contributed by atoms with Gasteiger partial charge in [-0.2, -0.15) is 0 Å². The summed E-state index contributed by atoms with van der Waals surface area (Å²) in [6, 6.07) is 17.6. The highest BCUT2D eigenvalue weighted by Crippen LogP contribution is 2.34. The molecule has 4 rings (SSSR count). The second kappa shape index (κ2) is 8.78. The number of ether oxygens (including phenoxy) is 1. The number of likely N-dealkylation sites (tertiary alicyclic amines) is 1. The van der Waals surface area contributed by atoms with Crippen LogP contribution in [0, 0.1) is 5.92 Å². The van der Waals surface area contributed by atoms with Gasteiger partial charge < -0.3 is 15.0 Å². The SMILES string of the molecule is CC1CN(C(=O)N2CCC(C(=O)NC(C)c3ccccc3)CC2)c2ccccc2O1. The van der Waals surface area contributed by atoms with Crippen LogP contribution in [0.5, 0.6) is 5.75 Å². The highest BCUT2D eigenvalue weighted by molar-refractivity contribution is 5.94. The van der Waals surface area contributed by atoms with Crippen molar-refractivity contribution in [1.82, 2.24) is 10.2 Å². The van der Waals surface area contributed by atoms with Gasteiger partial charge in [0.25, 0.3) is 0 Å². The molecule has 3 amide bonds. The van der Waals surface area contributed by atoms with Gasteiger partial charge in [0, 0.05) is 19.0 Å². The lowest BCUT2D eigenvalue weighted by molar-refractivity contribution is -0.126. The van der Waals surface area contributed by atoms with Gasteiger partial charge in [-0.3, -0.25) is 9.69 Å². The van der Waals surface area contributed by atoms with Crippen LogP contribution in [0.3, 0.4) is 0 Å². The van der Waals surface area contributed by atoms with E-state index in [1.807, 2.05) is 73.3 Å². The zero-order valence-corrected chi connectivity index (χ0v) is 17.6. The van der Waals surface area contributed by atoms with Crippen LogP contribution >= 0.6 is 0 Å². The predicted molar refractivity (Wildman–Crippen MR) is 117 cm³/mol. The number of rotatable bonds is 3. The van der Waals surface area contributed by atoms with Crippen LogP contribution in [0.1, 0.15) is 38.3 Å². The molecule has 1 N–H and O–H groups in total. The number of benzene rings is 2. The van der Waals surface area contributed by atoms with E-state index in [4.69, 9.17) is 4.74 Å². The van der Waals surface area contributed by atoms with Crippen molar-refractivity contribution in [1.29, 1.82) is 0 Å². The second-order valence-corrected chi connectivity index (χ2v) is 8.19. The number of amides is 3. The summed E-state index contributed by atoms with van der Waals surface area (Å²) in [5.74, 6) is 0.758. The zero-order valence-electron chi connectivity index (χ0n) is 17.6. The van der Waals surface area contributed by atoms with Gasteiger partial charge in [0.15, 0.2) is 0 Å². The van der Waals surface area contributed by atoms with Crippen LogP contribution in [-0.4, -0.2) is 42.6 Å². The number of piperidine rings is 1. The summed E-state index contributed by atoms with van der Waals surface area (Å²) in [6.07, 6.45) is 1.31. The maximum absolute atomic E-state index is 13.2. The number of urea groups is 1. The van der Waals surface area contributed by atoms with Crippen molar-refractivity contribution in [2.24, 2.45) is 5.92 Å². The molecular weight excluding hydrogens is 378 g/mol. The summed E-state index contributed by atoms with van der Waals surface area (Å²) >= 11 is 0. The third-order valence-corrected chi connectivity index (χ3v) is 5.95. The molecule has 0 bridgehead atoms. The predicted octanol–water partition coefficient (Wildman–Crippen LogP) is 3.98. The van der Waals surface area contributed by atoms with Crippen molar-refractivity contribution in [3.05, 3.63) is 60.2 Å². The van der Waals surface area contributed by atoms with Crippen LogP contribution in [0.4, 0.5) is 10.5 Å². The molecule has 6 heteroatoms. The minimum atomic E-state index is -0.0592. The van der Waals surface area contributed by atoms with Crippen LogP contribution in [0.2, 0.25) is 0 Å². The fraction of sp³-hybridized carbons (Fsp3) is 0.417. The Labute approximate surface area is 177 Å². The van der Waals surface area contributed by atoms with Gasteiger partial charge >= 0.3 is 6.03 Å².